The largest absolute Gasteiger partial charge is 0.481 e. The first-order valence-electron chi connectivity index (χ1n) is 6.00. The summed E-state index contributed by atoms with van der Waals surface area (Å²) >= 11 is 2.96. The van der Waals surface area contributed by atoms with Crippen molar-refractivity contribution in [2.45, 2.75) is 17.7 Å². The highest BCUT2D eigenvalue weighted by Gasteiger charge is 2.32. The minimum absolute atomic E-state index is 0.000417. The van der Waals surface area contributed by atoms with E-state index in [0.29, 0.717) is 0 Å². The Morgan fingerprint density at radius 1 is 1.35 bits per heavy atom. The number of benzene rings is 1. The Labute approximate surface area is 124 Å². The topological polar surface area (TPSA) is 74.7 Å². The zero-order chi connectivity index (χ0) is 14.9. The van der Waals surface area contributed by atoms with E-state index in [0.717, 1.165) is 6.07 Å². The number of sulfonamides is 1. The normalized spacial score (nSPS) is 18.1. The van der Waals surface area contributed by atoms with E-state index in [2.05, 4.69) is 15.9 Å². The molecule has 1 aliphatic rings. The van der Waals surface area contributed by atoms with Crippen LogP contribution in [0.25, 0.3) is 0 Å². The summed E-state index contributed by atoms with van der Waals surface area (Å²) < 4.78 is 39.2. The number of carboxylic acids is 1. The molecule has 8 heteroatoms. The third-order valence-corrected chi connectivity index (χ3v) is 5.83. The smallest absolute Gasteiger partial charge is 0.306 e. The van der Waals surface area contributed by atoms with Gasteiger partial charge < -0.3 is 5.11 Å². The number of halogens is 2. The lowest BCUT2D eigenvalue weighted by Gasteiger charge is -2.29. The molecule has 0 radical (unpaired) electrons. The molecule has 0 aromatic heterocycles. The Morgan fingerprint density at radius 3 is 2.45 bits per heavy atom. The Kier molecular flexibility index (Phi) is 4.46. The summed E-state index contributed by atoms with van der Waals surface area (Å²) in [7, 11) is -3.71. The third kappa shape index (κ3) is 3.02. The first-order valence-corrected chi connectivity index (χ1v) is 8.23. The van der Waals surface area contributed by atoms with Crippen LogP contribution in [0.1, 0.15) is 12.8 Å². The van der Waals surface area contributed by atoms with Gasteiger partial charge in [0.25, 0.3) is 0 Å². The maximum atomic E-state index is 13.1. The molecule has 1 heterocycles. The molecule has 1 aromatic rings. The average molecular weight is 366 g/mol. The lowest BCUT2D eigenvalue weighted by Crippen LogP contribution is -2.40. The Balaban J connectivity index is 2.19. The van der Waals surface area contributed by atoms with Crippen molar-refractivity contribution in [2.24, 2.45) is 5.92 Å². The molecule has 1 N–H and O–H groups in total. The lowest BCUT2D eigenvalue weighted by atomic mass is 9.99. The molecule has 0 unspecified atom stereocenters. The van der Waals surface area contributed by atoms with E-state index in [4.69, 9.17) is 5.11 Å². The quantitative estimate of drug-likeness (QED) is 0.889. The Morgan fingerprint density at radius 2 is 1.95 bits per heavy atom. The predicted octanol–water partition coefficient (Wildman–Crippen LogP) is 2.07. The van der Waals surface area contributed by atoms with E-state index in [-0.39, 0.29) is 35.3 Å². The van der Waals surface area contributed by atoms with E-state index >= 15 is 0 Å². The van der Waals surface area contributed by atoms with Crippen LogP contribution in [0, 0.1) is 11.7 Å². The minimum atomic E-state index is -3.71. The van der Waals surface area contributed by atoms with Gasteiger partial charge in [-0.25, -0.2) is 12.8 Å². The van der Waals surface area contributed by atoms with Crippen LogP contribution in [0.3, 0.4) is 0 Å². The van der Waals surface area contributed by atoms with Crippen molar-refractivity contribution in [1.29, 1.82) is 0 Å². The van der Waals surface area contributed by atoms with Crippen LogP contribution >= 0.6 is 15.9 Å². The molecule has 0 bridgehead atoms. The van der Waals surface area contributed by atoms with Crippen LogP contribution in [0.4, 0.5) is 4.39 Å². The number of nitrogens with zero attached hydrogens (tertiary/aromatic N) is 1. The average Bonchev–Trinajstić information content (AvgIpc) is 2.41. The van der Waals surface area contributed by atoms with Gasteiger partial charge in [0.05, 0.1) is 15.3 Å². The second-order valence-electron chi connectivity index (χ2n) is 4.59. The molecule has 0 amide bonds. The second kappa shape index (κ2) is 5.79. The molecule has 1 fully saturated rings. The molecule has 5 nitrogen and oxygen atoms in total. The van der Waals surface area contributed by atoms with Gasteiger partial charge in [0.2, 0.25) is 10.0 Å². The maximum absolute atomic E-state index is 13.1. The van der Waals surface area contributed by atoms with E-state index in [1.54, 1.807) is 0 Å². The van der Waals surface area contributed by atoms with Gasteiger partial charge in [-0.2, -0.15) is 4.31 Å². The molecule has 0 saturated carbocycles. The highest BCUT2D eigenvalue weighted by molar-refractivity contribution is 9.10. The van der Waals surface area contributed by atoms with E-state index in [1.807, 2.05) is 0 Å². The summed E-state index contributed by atoms with van der Waals surface area (Å²) in [5.41, 5.74) is 0. The molecule has 1 aliphatic heterocycles. The summed E-state index contributed by atoms with van der Waals surface area (Å²) in [6.45, 7) is 0.322. The number of hydrogen-bond donors (Lipinski definition) is 1. The van der Waals surface area contributed by atoms with Crippen LogP contribution < -0.4 is 0 Å². The molecule has 1 aromatic carbocycles. The van der Waals surface area contributed by atoms with Gasteiger partial charge >= 0.3 is 5.97 Å². The summed E-state index contributed by atoms with van der Waals surface area (Å²) in [6, 6.07) is 3.51. The van der Waals surface area contributed by atoms with Crippen molar-refractivity contribution < 1.29 is 22.7 Å². The number of carboxylic acid groups (broad SMARTS) is 1. The molecule has 0 atom stereocenters. The molecule has 0 aliphatic carbocycles. The molecule has 2 rings (SSSR count). The monoisotopic (exact) mass is 365 g/mol. The number of carbonyl (C=O) groups is 1. The van der Waals surface area contributed by atoms with Crippen molar-refractivity contribution in [3.8, 4) is 0 Å². The molecule has 0 spiro atoms. The predicted molar refractivity (Wildman–Crippen MR) is 73.2 cm³/mol. The van der Waals surface area contributed by atoms with E-state index in [1.165, 1.54) is 16.4 Å². The molecule has 1 saturated heterocycles. The van der Waals surface area contributed by atoms with Crippen molar-refractivity contribution in [1.82, 2.24) is 4.31 Å². The fourth-order valence-electron chi connectivity index (χ4n) is 2.13. The molecule has 20 heavy (non-hydrogen) atoms. The van der Waals surface area contributed by atoms with Gasteiger partial charge in [0.1, 0.15) is 5.82 Å². The van der Waals surface area contributed by atoms with Crippen LogP contribution in [0.5, 0.6) is 0 Å². The van der Waals surface area contributed by atoms with Crippen molar-refractivity contribution >= 4 is 31.9 Å². The van der Waals surface area contributed by atoms with Crippen LogP contribution in [-0.2, 0) is 14.8 Å². The van der Waals surface area contributed by atoms with Crippen LogP contribution in [0.15, 0.2) is 27.6 Å². The summed E-state index contributed by atoms with van der Waals surface area (Å²) in [5.74, 6) is -1.93. The minimum Gasteiger partial charge on any atom is -0.481 e. The fourth-order valence-corrected chi connectivity index (χ4v) is 4.16. The van der Waals surface area contributed by atoms with Gasteiger partial charge in [-0.15, -0.1) is 0 Å². The number of hydrogen-bond acceptors (Lipinski definition) is 3. The first-order chi connectivity index (χ1) is 9.32. The highest BCUT2D eigenvalue weighted by Crippen LogP contribution is 2.26. The zero-order valence-electron chi connectivity index (χ0n) is 10.4. The number of rotatable bonds is 3. The fraction of sp³-hybridized carbons (Fsp3) is 0.417. The highest BCUT2D eigenvalue weighted by atomic mass is 79.9. The van der Waals surface area contributed by atoms with Crippen molar-refractivity contribution in [3.05, 3.63) is 28.5 Å². The molecular weight excluding hydrogens is 353 g/mol. The summed E-state index contributed by atoms with van der Waals surface area (Å²) in [5, 5.41) is 8.90. The van der Waals surface area contributed by atoms with E-state index < -0.39 is 27.7 Å². The zero-order valence-corrected chi connectivity index (χ0v) is 12.8. The lowest BCUT2D eigenvalue weighted by molar-refractivity contribution is -0.142. The van der Waals surface area contributed by atoms with Gasteiger partial charge in [-0.05, 0) is 47.0 Å². The van der Waals surface area contributed by atoms with E-state index in [9.17, 15) is 17.6 Å². The SMILES string of the molecule is O=C(O)C1CCN(S(=O)(=O)c2ccc(F)c(Br)c2)CC1. The number of piperidine rings is 1. The van der Waals surface area contributed by atoms with Gasteiger partial charge in [-0.1, -0.05) is 0 Å². The molecule has 110 valence electrons. The Bertz CT molecular complexity index is 626. The van der Waals surface area contributed by atoms with Crippen molar-refractivity contribution in [3.63, 3.8) is 0 Å². The Hall–Kier alpha value is -0.990. The summed E-state index contributed by atoms with van der Waals surface area (Å²) in [6.07, 6.45) is 0.577. The van der Waals surface area contributed by atoms with Gasteiger partial charge in [-0.3, -0.25) is 4.79 Å². The standard InChI is InChI=1S/C12H13BrFNO4S/c13-10-7-9(1-2-11(10)14)20(18,19)15-5-3-8(4-6-15)12(16)17/h1-2,7-8H,3-6H2,(H,16,17). The second-order valence-corrected chi connectivity index (χ2v) is 7.38. The first kappa shape index (κ1) is 15.4. The summed E-state index contributed by atoms with van der Waals surface area (Å²) in [4.78, 5) is 10.8. The van der Waals surface area contributed by atoms with Gasteiger partial charge in [0, 0.05) is 13.1 Å². The molecular formula is C12H13BrFNO4S. The van der Waals surface area contributed by atoms with Crippen LogP contribution in [0.2, 0.25) is 0 Å². The third-order valence-electron chi connectivity index (χ3n) is 3.33. The van der Waals surface area contributed by atoms with Crippen molar-refractivity contribution in [2.75, 3.05) is 13.1 Å². The van der Waals surface area contributed by atoms with Gasteiger partial charge in [0.15, 0.2) is 0 Å². The maximum Gasteiger partial charge on any atom is 0.306 e. The number of aliphatic carboxylic acids is 1. The van der Waals surface area contributed by atoms with Crippen LogP contribution in [-0.4, -0.2) is 36.9 Å².